The largest absolute Gasteiger partial charge is 0.497 e. The standard InChI is InChI=1S/C11H13F2NO3/c1-17-9-5-6-10(14(15)16)8(7-9)3-2-4-11(12)13/h5-7,11H,2-4H2,1H3. The fourth-order valence-electron chi connectivity index (χ4n) is 1.51. The number of rotatable bonds is 6. The fraction of sp³-hybridized carbons (Fsp3) is 0.455. The van der Waals surface area contributed by atoms with Crippen LogP contribution in [0.5, 0.6) is 5.75 Å². The second-order valence-corrected chi connectivity index (χ2v) is 3.54. The number of benzene rings is 1. The zero-order valence-corrected chi connectivity index (χ0v) is 9.36. The summed E-state index contributed by atoms with van der Waals surface area (Å²) < 4.78 is 28.9. The first kappa shape index (κ1) is 13.3. The molecule has 4 nitrogen and oxygen atoms in total. The molecule has 0 fully saturated rings. The molecule has 94 valence electrons. The Morgan fingerprint density at radius 3 is 2.71 bits per heavy atom. The van der Waals surface area contributed by atoms with Gasteiger partial charge in [-0.15, -0.1) is 0 Å². The highest BCUT2D eigenvalue weighted by molar-refractivity contribution is 5.45. The van der Waals surface area contributed by atoms with Crippen LogP contribution in [0.25, 0.3) is 0 Å². The van der Waals surface area contributed by atoms with Gasteiger partial charge < -0.3 is 4.74 Å². The summed E-state index contributed by atoms with van der Waals surface area (Å²) >= 11 is 0. The predicted octanol–water partition coefficient (Wildman–Crippen LogP) is 3.19. The first-order valence-electron chi connectivity index (χ1n) is 5.14. The summed E-state index contributed by atoms with van der Waals surface area (Å²) in [6.45, 7) is 0. The molecule has 0 saturated carbocycles. The maximum Gasteiger partial charge on any atom is 0.272 e. The van der Waals surface area contributed by atoms with Crippen molar-refractivity contribution in [2.45, 2.75) is 25.7 Å². The van der Waals surface area contributed by atoms with Gasteiger partial charge in [0.1, 0.15) is 5.75 Å². The molecule has 0 aliphatic rings. The zero-order valence-electron chi connectivity index (χ0n) is 9.36. The lowest BCUT2D eigenvalue weighted by Gasteiger charge is -2.05. The van der Waals surface area contributed by atoms with Gasteiger partial charge in [-0.2, -0.15) is 0 Å². The van der Waals surface area contributed by atoms with Crippen LogP contribution in [0.3, 0.4) is 0 Å². The van der Waals surface area contributed by atoms with Gasteiger partial charge >= 0.3 is 0 Å². The van der Waals surface area contributed by atoms with E-state index >= 15 is 0 Å². The van der Waals surface area contributed by atoms with Crippen LogP contribution in [0, 0.1) is 10.1 Å². The van der Waals surface area contributed by atoms with Gasteiger partial charge in [0.15, 0.2) is 0 Å². The molecule has 0 amide bonds. The normalized spacial score (nSPS) is 10.6. The molecule has 0 saturated heterocycles. The summed E-state index contributed by atoms with van der Waals surface area (Å²) in [6, 6.07) is 4.33. The second-order valence-electron chi connectivity index (χ2n) is 3.54. The van der Waals surface area contributed by atoms with E-state index in [4.69, 9.17) is 4.74 Å². The summed E-state index contributed by atoms with van der Waals surface area (Å²) in [7, 11) is 1.45. The van der Waals surface area contributed by atoms with E-state index in [2.05, 4.69) is 0 Å². The number of hydrogen-bond donors (Lipinski definition) is 0. The molecule has 0 radical (unpaired) electrons. The van der Waals surface area contributed by atoms with Crippen LogP contribution in [0.2, 0.25) is 0 Å². The molecule has 0 aliphatic heterocycles. The van der Waals surface area contributed by atoms with Crippen molar-refractivity contribution in [3.63, 3.8) is 0 Å². The number of nitro groups is 1. The van der Waals surface area contributed by atoms with E-state index in [1.165, 1.54) is 25.3 Å². The summed E-state index contributed by atoms with van der Waals surface area (Å²) in [5, 5.41) is 10.7. The van der Waals surface area contributed by atoms with E-state index in [0.29, 0.717) is 11.3 Å². The third-order valence-corrected chi connectivity index (χ3v) is 2.35. The molecule has 0 aliphatic carbocycles. The quantitative estimate of drug-likeness (QED) is 0.571. The lowest BCUT2D eigenvalue weighted by atomic mass is 10.1. The Morgan fingerprint density at radius 1 is 1.47 bits per heavy atom. The van der Waals surface area contributed by atoms with Crippen LogP contribution < -0.4 is 4.74 Å². The van der Waals surface area contributed by atoms with Crippen molar-refractivity contribution in [1.82, 2.24) is 0 Å². The number of aryl methyl sites for hydroxylation is 1. The van der Waals surface area contributed by atoms with Crippen LogP contribution in [-0.4, -0.2) is 18.5 Å². The Balaban J connectivity index is 2.82. The van der Waals surface area contributed by atoms with Crippen LogP contribution in [0.15, 0.2) is 18.2 Å². The van der Waals surface area contributed by atoms with Crippen LogP contribution >= 0.6 is 0 Å². The van der Waals surface area contributed by atoms with Crippen molar-refractivity contribution in [3.8, 4) is 5.75 Å². The van der Waals surface area contributed by atoms with Gasteiger partial charge in [0, 0.05) is 18.1 Å². The highest BCUT2D eigenvalue weighted by atomic mass is 19.3. The molecule has 0 unspecified atom stereocenters. The van der Waals surface area contributed by atoms with Gasteiger partial charge in [-0.1, -0.05) is 0 Å². The van der Waals surface area contributed by atoms with Crippen LogP contribution in [0.1, 0.15) is 18.4 Å². The highest BCUT2D eigenvalue weighted by Crippen LogP contribution is 2.25. The highest BCUT2D eigenvalue weighted by Gasteiger charge is 2.14. The molecule has 0 N–H and O–H groups in total. The van der Waals surface area contributed by atoms with Crippen molar-refractivity contribution in [2.75, 3.05) is 7.11 Å². The number of nitrogens with zero attached hydrogens (tertiary/aromatic N) is 1. The summed E-state index contributed by atoms with van der Waals surface area (Å²) in [5.74, 6) is 0.489. The monoisotopic (exact) mass is 245 g/mol. The Kier molecular flexibility index (Phi) is 4.81. The van der Waals surface area contributed by atoms with Crippen molar-refractivity contribution in [3.05, 3.63) is 33.9 Å². The fourth-order valence-corrected chi connectivity index (χ4v) is 1.51. The van der Waals surface area contributed by atoms with Crippen molar-refractivity contribution >= 4 is 5.69 Å². The van der Waals surface area contributed by atoms with Crippen molar-refractivity contribution < 1.29 is 18.4 Å². The topological polar surface area (TPSA) is 52.4 Å². The molecule has 17 heavy (non-hydrogen) atoms. The van der Waals surface area contributed by atoms with E-state index < -0.39 is 11.3 Å². The molecule has 0 heterocycles. The van der Waals surface area contributed by atoms with E-state index in [-0.39, 0.29) is 24.9 Å². The average Bonchev–Trinajstić information content (AvgIpc) is 2.28. The minimum atomic E-state index is -2.38. The molecule has 0 bridgehead atoms. The van der Waals surface area contributed by atoms with Crippen molar-refractivity contribution in [1.29, 1.82) is 0 Å². The molecule has 1 aromatic rings. The Morgan fingerprint density at radius 2 is 2.18 bits per heavy atom. The smallest absolute Gasteiger partial charge is 0.272 e. The Hall–Kier alpha value is -1.72. The molecule has 6 heteroatoms. The lowest BCUT2D eigenvalue weighted by molar-refractivity contribution is -0.385. The molecular weight excluding hydrogens is 232 g/mol. The minimum Gasteiger partial charge on any atom is -0.497 e. The molecule has 1 aromatic carbocycles. The van der Waals surface area contributed by atoms with Crippen molar-refractivity contribution in [2.24, 2.45) is 0 Å². The SMILES string of the molecule is COc1ccc([N+](=O)[O-])c(CCCC(F)F)c1. The Labute approximate surface area is 97.4 Å². The number of alkyl halides is 2. The number of hydrogen-bond acceptors (Lipinski definition) is 3. The van der Waals surface area contributed by atoms with E-state index in [0.717, 1.165) is 0 Å². The van der Waals surface area contributed by atoms with Gasteiger partial charge in [-0.05, 0) is 25.0 Å². The maximum absolute atomic E-state index is 12.0. The van der Waals surface area contributed by atoms with E-state index in [9.17, 15) is 18.9 Å². The van der Waals surface area contributed by atoms with Crippen LogP contribution in [0.4, 0.5) is 14.5 Å². The molecule has 0 atom stereocenters. The maximum atomic E-state index is 12.0. The zero-order chi connectivity index (χ0) is 12.8. The molecule has 1 rings (SSSR count). The predicted molar refractivity (Wildman–Crippen MR) is 58.6 cm³/mol. The number of halogens is 2. The first-order chi connectivity index (χ1) is 8.04. The average molecular weight is 245 g/mol. The summed E-state index contributed by atoms with van der Waals surface area (Å²) in [5.41, 5.74) is 0.370. The van der Waals surface area contributed by atoms with E-state index in [1.807, 2.05) is 0 Å². The molecule has 0 aromatic heterocycles. The minimum absolute atomic E-state index is 0.0555. The third-order valence-electron chi connectivity index (χ3n) is 2.35. The number of ether oxygens (including phenoxy) is 1. The van der Waals surface area contributed by atoms with E-state index in [1.54, 1.807) is 0 Å². The molecule has 0 spiro atoms. The number of nitro benzene ring substituents is 1. The molecular formula is C11H13F2NO3. The summed E-state index contributed by atoms with van der Waals surface area (Å²) in [6.07, 6.45) is -2.17. The lowest BCUT2D eigenvalue weighted by Crippen LogP contribution is -1.98. The van der Waals surface area contributed by atoms with Gasteiger partial charge in [0.2, 0.25) is 6.43 Å². The van der Waals surface area contributed by atoms with Gasteiger partial charge in [-0.3, -0.25) is 10.1 Å². The summed E-state index contributed by atoms with van der Waals surface area (Å²) in [4.78, 5) is 10.2. The third kappa shape index (κ3) is 3.97. The van der Waals surface area contributed by atoms with Gasteiger partial charge in [0.05, 0.1) is 12.0 Å². The first-order valence-corrected chi connectivity index (χ1v) is 5.14. The second kappa shape index (κ2) is 6.12. The number of methoxy groups -OCH3 is 1. The Bertz CT molecular complexity index is 396. The van der Waals surface area contributed by atoms with Gasteiger partial charge in [-0.25, -0.2) is 8.78 Å². The van der Waals surface area contributed by atoms with Crippen LogP contribution in [-0.2, 0) is 6.42 Å². The van der Waals surface area contributed by atoms with Gasteiger partial charge in [0.25, 0.3) is 5.69 Å².